The molecule has 2 aliphatic rings. The first-order chi connectivity index (χ1) is 13.7. The van der Waals surface area contributed by atoms with Gasteiger partial charge >= 0.3 is 6.09 Å². The molecule has 2 unspecified atom stereocenters. The minimum atomic E-state index is -0.474. The summed E-state index contributed by atoms with van der Waals surface area (Å²) >= 11 is 0. The van der Waals surface area contributed by atoms with Gasteiger partial charge in [0.1, 0.15) is 5.60 Å². The van der Waals surface area contributed by atoms with E-state index in [1.54, 1.807) is 24.3 Å². The molecule has 29 heavy (non-hydrogen) atoms. The summed E-state index contributed by atoms with van der Waals surface area (Å²) in [4.78, 5) is 28.8. The second-order valence-electron chi connectivity index (χ2n) is 9.10. The lowest BCUT2D eigenvalue weighted by Gasteiger charge is -2.45. The highest BCUT2D eigenvalue weighted by molar-refractivity contribution is 5.90. The molecule has 7 nitrogen and oxygen atoms in total. The van der Waals surface area contributed by atoms with E-state index in [4.69, 9.17) is 10.00 Å². The van der Waals surface area contributed by atoms with Gasteiger partial charge in [0, 0.05) is 44.8 Å². The number of carbonyl (C=O) groups is 2. The fraction of sp³-hybridized carbons (Fsp3) is 0.591. The van der Waals surface area contributed by atoms with Crippen molar-refractivity contribution in [1.29, 1.82) is 5.26 Å². The Hall–Kier alpha value is -2.59. The van der Waals surface area contributed by atoms with Crippen molar-refractivity contribution in [2.24, 2.45) is 11.8 Å². The molecule has 1 aromatic rings. The molecule has 0 spiro atoms. The van der Waals surface area contributed by atoms with E-state index >= 15 is 0 Å². The summed E-state index contributed by atoms with van der Waals surface area (Å²) in [6.45, 7) is 9.63. The number of nitrogens with zero attached hydrogens (tertiary/aromatic N) is 3. The Bertz CT molecular complexity index is 765. The van der Waals surface area contributed by atoms with Crippen molar-refractivity contribution in [2.45, 2.75) is 39.2 Å². The SMILES string of the molecule is CC(C)(C)OC(=O)N1CC2CC(CN(CCC(=O)Nc3ccc(C#N)cc3)C2)C1. The number of fused-ring (bicyclic) bond motifs is 2. The third-order valence-corrected chi connectivity index (χ3v) is 5.26. The molecule has 2 fully saturated rings. The first kappa shape index (κ1) is 21.1. The smallest absolute Gasteiger partial charge is 0.410 e. The predicted octanol–water partition coefficient (Wildman–Crippen LogP) is 3.08. The Kier molecular flexibility index (Phi) is 6.43. The van der Waals surface area contributed by atoms with Crippen LogP contribution in [-0.4, -0.2) is 60.1 Å². The van der Waals surface area contributed by atoms with Crippen LogP contribution in [0.4, 0.5) is 10.5 Å². The number of anilines is 1. The standard InChI is InChI=1S/C22H30N4O3/c1-22(2,3)29-21(28)26-14-17-10-18(15-26)13-25(12-17)9-8-20(27)24-19-6-4-16(11-23)5-7-19/h4-7,17-18H,8-10,12-15H2,1-3H3,(H,24,27). The predicted molar refractivity (Wildman–Crippen MR) is 110 cm³/mol. The van der Waals surface area contributed by atoms with Gasteiger partial charge in [-0.05, 0) is 63.3 Å². The Labute approximate surface area is 172 Å². The van der Waals surface area contributed by atoms with Crippen LogP contribution in [0.3, 0.4) is 0 Å². The largest absolute Gasteiger partial charge is 0.444 e. The number of likely N-dealkylation sites (tertiary alicyclic amines) is 2. The summed E-state index contributed by atoms with van der Waals surface area (Å²) in [5.41, 5.74) is 0.804. The Morgan fingerprint density at radius 3 is 2.31 bits per heavy atom. The van der Waals surface area contributed by atoms with Crippen molar-refractivity contribution in [3.05, 3.63) is 29.8 Å². The molecule has 2 atom stereocenters. The first-order valence-corrected chi connectivity index (χ1v) is 10.2. The number of piperidine rings is 2. The van der Waals surface area contributed by atoms with Gasteiger partial charge in [-0.15, -0.1) is 0 Å². The molecule has 2 bridgehead atoms. The number of hydrogen-bond donors (Lipinski definition) is 1. The van der Waals surface area contributed by atoms with E-state index in [0.29, 0.717) is 36.1 Å². The van der Waals surface area contributed by atoms with Gasteiger partial charge in [-0.2, -0.15) is 5.26 Å². The third-order valence-electron chi connectivity index (χ3n) is 5.26. The van der Waals surface area contributed by atoms with Gasteiger partial charge in [0.2, 0.25) is 5.91 Å². The molecular formula is C22H30N4O3. The van der Waals surface area contributed by atoms with Crippen molar-refractivity contribution in [1.82, 2.24) is 9.80 Å². The maximum absolute atomic E-state index is 12.4. The highest BCUT2D eigenvalue weighted by atomic mass is 16.6. The molecule has 7 heteroatoms. The summed E-state index contributed by atoms with van der Waals surface area (Å²) in [6.07, 6.45) is 1.34. The normalized spacial score (nSPS) is 21.9. The van der Waals surface area contributed by atoms with Crippen molar-refractivity contribution < 1.29 is 14.3 Å². The maximum Gasteiger partial charge on any atom is 0.410 e. The molecule has 0 aliphatic carbocycles. The number of ether oxygens (including phenoxy) is 1. The van der Waals surface area contributed by atoms with Crippen LogP contribution in [0.2, 0.25) is 0 Å². The summed E-state index contributed by atoms with van der Waals surface area (Å²) in [5.74, 6) is 0.828. The molecule has 0 saturated carbocycles. The molecule has 3 rings (SSSR count). The van der Waals surface area contributed by atoms with Crippen molar-refractivity contribution >= 4 is 17.7 Å². The summed E-state index contributed by atoms with van der Waals surface area (Å²) in [6, 6.07) is 8.93. The van der Waals surface area contributed by atoms with E-state index in [1.807, 2.05) is 25.7 Å². The molecular weight excluding hydrogens is 368 g/mol. The van der Waals surface area contributed by atoms with Crippen molar-refractivity contribution in [2.75, 3.05) is 38.0 Å². The number of nitrogens with one attached hydrogen (secondary N) is 1. The van der Waals surface area contributed by atoms with E-state index in [9.17, 15) is 9.59 Å². The molecule has 156 valence electrons. The fourth-order valence-corrected chi connectivity index (χ4v) is 4.16. The molecule has 2 amide bonds. The molecule has 1 N–H and O–H groups in total. The number of benzene rings is 1. The second kappa shape index (κ2) is 8.83. The molecule has 0 radical (unpaired) electrons. The van der Waals surface area contributed by atoms with Crippen molar-refractivity contribution in [3.8, 4) is 6.07 Å². The number of amides is 2. The Balaban J connectivity index is 1.44. The third kappa shape index (κ3) is 6.20. The second-order valence-corrected chi connectivity index (χ2v) is 9.10. The average Bonchev–Trinajstić information content (AvgIpc) is 2.65. The van der Waals surface area contributed by atoms with E-state index in [-0.39, 0.29) is 12.0 Å². The van der Waals surface area contributed by atoms with Gasteiger partial charge in [-0.25, -0.2) is 4.79 Å². The lowest BCUT2D eigenvalue weighted by Crippen LogP contribution is -2.55. The summed E-state index contributed by atoms with van der Waals surface area (Å²) < 4.78 is 5.52. The number of carbonyl (C=O) groups excluding carboxylic acids is 2. The number of nitriles is 1. The number of rotatable bonds is 4. The van der Waals surface area contributed by atoms with Crippen LogP contribution >= 0.6 is 0 Å². The van der Waals surface area contributed by atoms with Gasteiger partial charge in [-0.3, -0.25) is 4.79 Å². The van der Waals surface area contributed by atoms with Gasteiger partial charge < -0.3 is 19.9 Å². The van der Waals surface area contributed by atoms with Crippen LogP contribution in [0.1, 0.15) is 39.2 Å². The van der Waals surface area contributed by atoms with Crippen LogP contribution < -0.4 is 5.32 Å². The van der Waals surface area contributed by atoms with Crippen LogP contribution in [0.25, 0.3) is 0 Å². The minimum Gasteiger partial charge on any atom is -0.444 e. The van der Waals surface area contributed by atoms with Crippen LogP contribution in [0, 0.1) is 23.2 Å². The van der Waals surface area contributed by atoms with Gasteiger partial charge in [0.25, 0.3) is 0 Å². The van der Waals surface area contributed by atoms with E-state index in [0.717, 1.165) is 32.6 Å². The Morgan fingerprint density at radius 2 is 1.76 bits per heavy atom. The lowest BCUT2D eigenvalue weighted by molar-refractivity contribution is -0.116. The quantitative estimate of drug-likeness (QED) is 0.842. The molecule has 2 saturated heterocycles. The topological polar surface area (TPSA) is 85.7 Å². The molecule has 0 aromatic heterocycles. The van der Waals surface area contributed by atoms with Crippen LogP contribution in [0.5, 0.6) is 0 Å². The van der Waals surface area contributed by atoms with E-state index in [1.165, 1.54) is 0 Å². The maximum atomic E-state index is 12.4. The van der Waals surface area contributed by atoms with Gasteiger partial charge in [0.15, 0.2) is 0 Å². The zero-order valence-corrected chi connectivity index (χ0v) is 17.5. The monoisotopic (exact) mass is 398 g/mol. The first-order valence-electron chi connectivity index (χ1n) is 10.2. The lowest BCUT2D eigenvalue weighted by atomic mass is 9.85. The van der Waals surface area contributed by atoms with Crippen LogP contribution in [0.15, 0.2) is 24.3 Å². The molecule has 2 heterocycles. The van der Waals surface area contributed by atoms with E-state index in [2.05, 4.69) is 16.3 Å². The highest BCUT2D eigenvalue weighted by Gasteiger charge is 2.37. The molecule has 1 aromatic carbocycles. The number of hydrogen-bond acceptors (Lipinski definition) is 5. The van der Waals surface area contributed by atoms with Crippen molar-refractivity contribution in [3.63, 3.8) is 0 Å². The van der Waals surface area contributed by atoms with E-state index < -0.39 is 5.60 Å². The summed E-state index contributed by atoms with van der Waals surface area (Å²) in [7, 11) is 0. The molecule has 2 aliphatic heterocycles. The fourth-order valence-electron chi connectivity index (χ4n) is 4.16. The van der Waals surface area contributed by atoms with Crippen LogP contribution in [-0.2, 0) is 9.53 Å². The Morgan fingerprint density at radius 1 is 1.14 bits per heavy atom. The zero-order chi connectivity index (χ0) is 21.0. The summed E-state index contributed by atoms with van der Waals surface area (Å²) in [5, 5.41) is 11.7. The van der Waals surface area contributed by atoms with Gasteiger partial charge in [0.05, 0.1) is 11.6 Å². The van der Waals surface area contributed by atoms with Gasteiger partial charge in [-0.1, -0.05) is 0 Å². The highest BCUT2D eigenvalue weighted by Crippen LogP contribution is 2.29. The minimum absolute atomic E-state index is 0.0270. The average molecular weight is 399 g/mol. The zero-order valence-electron chi connectivity index (χ0n) is 17.5.